The first-order valence-corrected chi connectivity index (χ1v) is 12.6. The van der Waals surface area contributed by atoms with Gasteiger partial charge in [0.2, 0.25) is 0 Å². The molecular formula is C26H30N8O2. The lowest BCUT2D eigenvalue weighted by molar-refractivity contribution is 0.0923. The van der Waals surface area contributed by atoms with E-state index in [1.807, 2.05) is 19.2 Å². The normalized spacial score (nSPS) is 22.9. The molecule has 1 aliphatic carbocycles. The van der Waals surface area contributed by atoms with Gasteiger partial charge in [-0.3, -0.25) is 14.3 Å². The van der Waals surface area contributed by atoms with Crippen molar-refractivity contribution in [2.45, 2.75) is 62.6 Å². The monoisotopic (exact) mass is 486 g/mol. The smallest absolute Gasteiger partial charge is 0.271 e. The van der Waals surface area contributed by atoms with Crippen LogP contribution < -0.4 is 21.3 Å². The van der Waals surface area contributed by atoms with Gasteiger partial charge in [0.05, 0.1) is 24.1 Å². The van der Waals surface area contributed by atoms with Crippen molar-refractivity contribution in [2.75, 3.05) is 10.2 Å². The average Bonchev–Trinajstić information content (AvgIpc) is 3.57. The molecule has 3 aliphatic rings. The maximum Gasteiger partial charge on any atom is 0.271 e. The minimum Gasteiger partial charge on any atom is -0.364 e. The Morgan fingerprint density at radius 1 is 1.03 bits per heavy atom. The van der Waals surface area contributed by atoms with Crippen LogP contribution in [0.4, 0.5) is 17.3 Å². The Morgan fingerprint density at radius 3 is 2.50 bits per heavy atom. The fourth-order valence-corrected chi connectivity index (χ4v) is 5.65. The number of anilines is 3. The number of rotatable bonds is 7. The van der Waals surface area contributed by atoms with Crippen molar-refractivity contribution in [1.29, 1.82) is 0 Å². The van der Waals surface area contributed by atoms with E-state index in [1.165, 1.54) is 18.4 Å². The number of hydrogen-bond acceptors (Lipinski definition) is 7. The number of aromatic nitrogens is 4. The van der Waals surface area contributed by atoms with E-state index in [1.54, 1.807) is 23.3 Å². The highest BCUT2D eigenvalue weighted by Crippen LogP contribution is 2.41. The van der Waals surface area contributed by atoms with E-state index in [-0.39, 0.29) is 23.7 Å². The minimum atomic E-state index is -0.653. The van der Waals surface area contributed by atoms with Gasteiger partial charge in [-0.1, -0.05) is 12.1 Å². The first kappa shape index (κ1) is 22.5. The second kappa shape index (κ2) is 8.92. The molecule has 10 nitrogen and oxygen atoms in total. The highest BCUT2D eigenvalue weighted by Gasteiger charge is 2.44. The molecule has 3 atom stereocenters. The summed E-state index contributed by atoms with van der Waals surface area (Å²) in [5, 5.41) is 10.6. The summed E-state index contributed by atoms with van der Waals surface area (Å²) in [6, 6.07) is 8.47. The molecule has 10 heteroatoms. The molecule has 2 amide bonds. The molecule has 186 valence electrons. The molecule has 4 heterocycles. The van der Waals surface area contributed by atoms with Crippen LogP contribution in [0.25, 0.3) is 0 Å². The number of nitrogens with two attached hydrogens (primary N) is 1. The molecule has 2 aromatic heterocycles. The number of aryl methyl sites for hydroxylation is 1. The maximum atomic E-state index is 13.1. The third-order valence-electron chi connectivity index (χ3n) is 7.59. The Hall–Kier alpha value is -3.95. The predicted molar refractivity (Wildman–Crippen MR) is 135 cm³/mol. The fourth-order valence-electron chi connectivity index (χ4n) is 5.65. The van der Waals surface area contributed by atoms with E-state index in [0.717, 1.165) is 25.7 Å². The van der Waals surface area contributed by atoms with Crippen LogP contribution in [0.1, 0.15) is 70.9 Å². The molecule has 1 saturated carbocycles. The van der Waals surface area contributed by atoms with Crippen molar-refractivity contribution in [2.24, 2.45) is 12.8 Å². The van der Waals surface area contributed by atoms with Crippen LogP contribution in [0.2, 0.25) is 0 Å². The summed E-state index contributed by atoms with van der Waals surface area (Å²) in [6.07, 6.45) is 11.4. The summed E-state index contributed by atoms with van der Waals surface area (Å²) < 4.78 is 1.65. The molecule has 0 unspecified atom stereocenters. The summed E-state index contributed by atoms with van der Waals surface area (Å²) in [5.74, 6) is 0.951. The zero-order chi connectivity index (χ0) is 24.8. The van der Waals surface area contributed by atoms with Gasteiger partial charge in [-0.2, -0.15) is 5.10 Å². The van der Waals surface area contributed by atoms with Crippen LogP contribution in [0.5, 0.6) is 0 Å². The third kappa shape index (κ3) is 4.27. The van der Waals surface area contributed by atoms with Crippen molar-refractivity contribution < 1.29 is 9.59 Å². The minimum absolute atomic E-state index is 0.00621. The molecule has 6 rings (SSSR count). The van der Waals surface area contributed by atoms with Crippen molar-refractivity contribution in [3.05, 3.63) is 59.7 Å². The molecule has 2 aliphatic heterocycles. The highest BCUT2D eigenvalue weighted by atomic mass is 16.2. The van der Waals surface area contributed by atoms with Crippen molar-refractivity contribution in [3.8, 4) is 0 Å². The van der Waals surface area contributed by atoms with Gasteiger partial charge in [0.15, 0.2) is 11.5 Å². The number of hydrogen-bond donors (Lipinski definition) is 3. The average molecular weight is 487 g/mol. The highest BCUT2D eigenvalue weighted by molar-refractivity contribution is 5.96. The zero-order valence-electron chi connectivity index (χ0n) is 20.2. The van der Waals surface area contributed by atoms with E-state index in [2.05, 4.69) is 37.7 Å². The largest absolute Gasteiger partial charge is 0.364 e. The van der Waals surface area contributed by atoms with Gasteiger partial charge < -0.3 is 21.3 Å². The second-order valence-corrected chi connectivity index (χ2v) is 10.1. The lowest BCUT2D eigenvalue weighted by atomic mass is 9.96. The number of nitrogens with one attached hydrogen (secondary N) is 2. The topological polar surface area (TPSA) is 131 Å². The molecule has 2 saturated heterocycles. The first-order valence-electron chi connectivity index (χ1n) is 12.6. The number of primary amides is 1. The van der Waals surface area contributed by atoms with E-state index in [4.69, 9.17) is 10.7 Å². The lowest BCUT2D eigenvalue weighted by Gasteiger charge is -2.41. The number of amides is 2. The molecule has 1 aromatic carbocycles. The van der Waals surface area contributed by atoms with Crippen molar-refractivity contribution in [3.63, 3.8) is 0 Å². The molecule has 36 heavy (non-hydrogen) atoms. The Labute approximate surface area is 209 Å². The molecule has 3 aromatic rings. The fraction of sp³-hybridized carbons (Fsp3) is 0.423. The Morgan fingerprint density at radius 2 is 1.81 bits per heavy atom. The Kier molecular flexibility index (Phi) is 5.58. The van der Waals surface area contributed by atoms with Crippen LogP contribution in [0.3, 0.4) is 0 Å². The summed E-state index contributed by atoms with van der Waals surface area (Å²) in [4.78, 5) is 36.5. The van der Waals surface area contributed by atoms with Crippen molar-refractivity contribution in [1.82, 2.24) is 25.1 Å². The summed E-state index contributed by atoms with van der Waals surface area (Å²) in [5.41, 5.74) is 8.34. The quantitative estimate of drug-likeness (QED) is 0.468. The SMILES string of the molecule is Cn1cc(Nc2nc(N3[C@H]4CC[C@@H](NC(=O)c5ccc(C6CC6)cc5)[C@@H]3CC4)cnc2C(N)=O)cn1. The van der Waals surface area contributed by atoms with Crippen LogP contribution in [0.15, 0.2) is 42.9 Å². The number of fused-ring (bicyclic) bond motifs is 2. The predicted octanol–water partition coefficient (Wildman–Crippen LogP) is 2.86. The van der Waals surface area contributed by atoms with Crippen LogP contribution in [-0.4, -0.2) is 49.7 Å². The van der Waals surface area contributed by atoms with Crippen LogP contribution >= 0.6 is 0 Å². The van der Waals surface area contributed by atoms with Gasteiger partial charge in [-0.05, 0) is 62.1 Å². The number of carbonyl (C=O) groups excluding carboxylic acids is 2. The van der Waals surface area contributed by atoms with Gasteiger partial charge in [0.25, 0.3) is 11.8 Å². The molecule has 0 spiro atoms. The third-order valence-corrected chi connectivity index (χ3v) is 7.59. The number of benzene rings is 1. The van der Waals surface area contributed by atoms with E-state index < -0.39 is 5.91 Å². The van der Waals surface area contributed by atoms with E-state index >= 15 is 0 Å². The van der Waals surface area contributed by atoms with Crippen LogP contribution in [-0.2, 0) is 7.05 Å². The number of nitrogens with zero attached hydrogens (tertiary/aromatic N) is 5. The lowest BCUT2D eigenvalue weighted by Crippen LogP contribution is -2.55. The number of piperidine rings is 1. The van der Waals surface area contributed by atoms with Gasteiger partial charge in [0.1, 0.15) is 5.82 Å². The zero-order valence-corrected chi connectivity index (χ0v) is 20.2. The van der Waals surface area contributed by atoms with Crippen molar-refractivity contribution >= 4 is 29.1 Å². The summed E-state index contributed by atoms with van der Waals surface area (Å²) >= 11 is 0. The second-order valence-electron chi connectivity index (χ2n) is 10.1. The Bertz CT molecular complexity index is 1300. The number of carbonyl (C=O) groups is 2. The molecule has 3 fully saturated rings. The molecular weight excluding hydrogens is 456 g/mol. The van der Waals surface area contributed by atoms with Crippen LogP contribution in [0, 0.1) is 0 Å². The molecule has 2 bridgehead atoms. The van der Waals surface area contributed by atoms with Gasteiger partial charge in [0, 0.05) is 30.9 Å². The van der Waals surface area contributed by atoms with Gasteiger partial charge >= 0.3 is 0 Å². The summed E-state index contributed by atoms with van der Waals surface area (Å²) in [7, 11) is 1.81. The Balaban J connectivity index is 1.22. The van der Waals surface area contributed by atoms with Gasteiger partial charge in [-0.25, -0.2) is 9.97 Å². The van der Waals surface area contributed by atoms with E-state index in [0.29, 0.717) is 34.8 Å². The first-order chi connectivity index (χ1) is 17.5. The van der Waals surface area contributed by atoms with E-state index in [9.17, 15) is 9.59 Å². The summed E-state index contributed by atoms with van der Waals surface area (Å²) in [6.45, 7) is 0. The molecule has 4 N–H and O–H groups in total. The standard InChI is InChI=1S/C26H30N8O2/c1-33-14-18(12-29-33)30-25-23(24(27)35)28-13-22(32-25)34-19-8-10-20(21(34)11-9-19)31-26(36)17-6-4-16(5-7-17)15-2-3-15/h4-7,12-15,19-21H,2-3,8-11H2,1H3,(H2,27,35)(H,30,32)(H,31,36)/t19-,20+,21-/m0/s1. The molecule has 0 radical (unpaired) electrons. The van der Waals surface area contributed by atoms with Gasteiger partial charge in [-0.15, -0.1) is 0 Å². The maximum absolute atomic E-state index is 13.1.